The van der Waals surface area contributed by atoms with Crippen molar-refractivity contribution in [2.75, 3.05) is 0 Å². The van der Waals surface area contributed by atoms with E-state index in [4.69, 9.17) is 23.2 Å². The molecule has 1 aromatic heterocycles. The molecule has 0 bridgehead atoms. The highest BCUT2D eigenvalue weighted by molar-refractivity contribution is 8.18. The third-order valence-corrected chi connectivity index (χ3v) is 5.35. The first-order chi connectivity index (χ1) is 10.5. The second-order valence-corrected chi connectivity index (χ2v) is 7.34. The standard InChI is InChI=1S/C15H9Cl2NO2S2/c16-10-4-3-9(12(17)6-10)8-18-14(19)13(22-15(18)20)7-11-2-1-5-21-11/h1-7H,8H2/b13-7+. The number of imide groups is 1. The van der Waals surface area contributed by atoms with Crippen LogP contribution in [0.15, 0.2) is 40.6 Å². The average molecular weight is 370 g/mol. The number of hydrogen-bond acceptors (Lipinski definition) is 4. The van der Waals surface area contributed by atoms with Crippen LogP contribution in [0.2, 0.25) is 10.0 Å². The minimum atomic E-state index is -0.297. The fraction of sp³-hybridized carbons (Fsp3) is 0.0667. The molecule has 0 radical (unpaired) electrons. The van der Waals surface area contributed by atoms with Crippen LogP contribution >= 0.6 is 46.3 Å². The van der Waals surface area contributed by atoms with Crippen LogP contribution in [0, 0.1) is 0 Å². The molecule has 2 amide bonds. The second-order valence-electron chi connectivity index (χ2n) is 4.52. The molecular formula is C15H9Cl2NO2S2. The van der Waals surface area contributed by atoms with E-state index in [0.29, 0.717) is 20.5 Å². The van der Waals surface area contributed by atoms with E-state index in [0.717, 1.165) is 16.6 Å². The topological polar surface area (TPSA) is 37.4 Å². The summed E-state index contributed by atoms with van der Waals surface area (Å²) in [6.45, 7) is 0.141. The first-order valence-corrected chi connectivity index (χ1v) is 8.72. The Balaban J connectivity index is 1.83. The molecule has 0 unspecified atom stereocenters. The largest absolute Gasteiger partial charge is 0.293 e. The van der Waals surface area contributed by atoms with Crippen LogP contribution in [0.1, 0.15) is 10.4 Å². The van der Waals surface area contributed by atoms with Crippen molar-refractivity contribution in [3.8, 4) is 0 Å². The van der Waals surface area contributed by atoms with Crippen molar-refractivity contribution in [2.45, 2.75) is 6.54 Å². The Labute approximate surface area is 145 Å². The molecule has 22 heavy (non-hydrogen) atoms. The molecule has 0 N–H and O–H groups in total. The van der Waals surface area contributed by atoms with Gasteiger partial charge in [0.25, 0.3) is 11.1 Å². The minimum absolute atomic E-state index is 0.141. The zero-order valence-corrected chi connectivity index (χ0v) is 14.2. The normalized spacial score (nSPS) is 16.8. The summed E-state index contributed by atoms with van der Waals surface area (Å²) in [6.07, 6.45) is 1.74. The first kappa shape index (κ1) is 15.6. The highest BCUT2D eigenvalue weighted by Crippen LogP contribution is 2.35. The Morgan fingerprint density at radius 2 is 2.00 bits per heavy atom. The van der Waals surface area contributed by atoms with Gasteiger partial charge in [0.2, 0.25) is 0 Å². The number of rotatable bonds is 3. The number of amides is 2. The van der Waals surface area contributed by atoms with Crippen LogP contribution in [0.4, 0.5) is 4.79 Å². The predicted octanol–water partition coefficient (Wildman–Crippen LogP) is 5.29. The first-order valence-electron chi connectivity index (χ1n) is 6.27. The van der Waals surface area contributed by atoms with Gasteiger partial charge in [-0.25, -0.2) is 0 Å². The van der Waals surface area contributed by atoms with Crippen molar-refractivity contribution in [3.05, 3.63) is 61.1 Å². The van der Waals surface area contributed by atoms with Gasteiger partial charge in [-0.05, 0) is 47.0 Å². The zero-order chi connectivity index (χ0) is 15.7. The molecule has 1 saturated heterocycles. The molecule has 0 spiro atoms. The number of carbonyl (C=O) groups excluding carboxylic acids is 2. The quantitative estimate of drug-likeness (QED) is 0.689. The Kier molecular flexibility index (Phi) is 4.59. The molecule has 2 aromatic rings. The summed E-state index contributed by atoms with van der Waals surface area (Å²) in [6, 6.07) is 8.79. The van der Waals surface area contributed by atoms with Crippen molar-refractivity contribution >= 4 is 63.5 Å². The molecule has 0 atom stereocenters. The molecule has 1 aliphatic heterocycles. The monoisotopic (exact) mass is 369 g/mol. The summed E-state index contributed by atoms with van der Waals surface area (Å²) >= 11 is 14.4. The lowest BCUT2D eigenvalue weighted by Gasteiger charge is -2.13. The number of benzene rings is 1. The van der Waals surface area contributed by atoms with Crippen molar-refractivity contribution < 1.29 is 9.59 Å². The number of halogens is 2. The lowest BCUT2D eigenvalue weighted by molar-refractivity contribution is -0.123. The maximum atomic E-state index is 12.4. The van der Waals surface area contributed by atoms with Gasteiger partial charge in [0.15, 0.2) is 0 Å². The number of hydrogen-bond donors (Lipinski definition) is 0. The smallest absolute Gasteiger partial charge is 0.268 e. The average Bonchev–Trinajstić information content (AvgIpc) is 3.06. The number of thioether (sulfide) groups is 1. The third kappa shape index (κ3) is 3.22. The summed E-state index contributed by atoms with van der Waals surface area (Å²) in [7, 11) is 0. The molecule has 1 fully saturated rings. The second kappa shape index (κ2) is 6.46. The highest BCUT2D eigenvalue weighted by Gasteiger charge is 2.35. The lowest BCUT2D eigenvalue weighted by Crippen LogP contribution is -2.27. The summed E-state index contributed by atoms with van der Waals surface area (Å²) in [4.78, 5) is 27.0. The van der Waals surface area contributed by atoms with E-state index in [-0.39, 0.29) is 17.7 Å². The Morgan fingerprint density at radius 1 is 1.18 bits per heavy atom. The molecule has 0 aliphatic carbocycles. The molecular weight excluding hydrogens is 361 g/mol. The van der Waals surface area contributed by atoms with E-state index < -0.39 is 0 Å². The number of thiophene rings is 1. The maximum Gasteiger partial charge on any atom is 0.293 e. The number of nitrogens with zero attached hydrogens (tertiary/aromatic N) is 1. The molecule has 2 heterocycles. The van der Waals surface area contributed by atoms with Gasteiger partial charge in [0.1, 0.15) is 0 Å². The molecule has 0 saturated carbocycles. The van der Waals surface area contributed by atoms with E-state index >= 15 is 0 Å². The fourth-order valence-electron chi connectivity index (χ4n) is 1.96. The van der Waals surface area contributed by atoms with Crippen LogP contribution in [-0.2, 0) is 11.3 Å². The van der Waals surface area contributed by atoms with E-state index in [9.17, 15) is 9.59 Å². The van der Waals surface area contributed by atoms with Gasteiger partial charge >= 0.3 is 0 Å². The summed E-state index contributed by atoms with van der Waals surface area (Å²) in [5.74, 6) is -0.297. The Morgan fingerprint density at radius 3 is 2.68 bits per heavy atom. The van der Waals surface area contributed by atoms with Crippen molar-refractivity contribution in [1.82, 2.24) is 4.90 Å². The van der Waals surface area contributed by atoms with Crippen molar-refractivity contribution in [3.63, 3.8) is 0 Å². The van der Waals surface area contributed by atoms with E-state index in [1.165, 1.54) is 16.2 Å². The van der Waals surface area contributed by atoms with Crippen LogP contribution in [0.3, 0.4) is 0 Å². The predicted molar refractivity (Wildman–Crippen MR) is 92.3 cm³/mol. The van der Waals surface area contributed by atoms with Gasteiger partial charge in [-0.15, -0.1) is 11.3 Å². The van der Waals surface area contributed by atoms with Gasteiger partial charge in [-0.3, -0.25) is 14.5 Å². The van der Waals surface area contributed by atoms with Crippen LogP contribution in [0.5, 0.6) is 0 Å². The molecule has 1 aromatic carbocycles. The molecule has 3 rings (SSSR count). The fourth-order valence-corrected chi connectivity index (χ4v) is 3.99. The Bertz CT molecular complexity index is 772. The molecule has 7 heteroatoms. The van der Waals surface area contributed by atoms with Gasteiger partial charge in [-0.1, -0.05) is 35.3 Å². The Hall–Kier alpha value is -1.27. The van der Waals surface area contributed by atoms with Crippen LogP contribution in [0.25, 0.3) is 6.08 Å². The SMILES string of the molecule is O=C1S/C(=C/c2cccs2)C(=O)N1Cc1ccc(Cl)cc1Cl. The summed E-state index contributed by atoms with van der Waals surface area (Å²) in [5, 5.41) is 2.58. The third-order valence-electron chi connectivity index (χ3n) is 3.03. The summed E-state index contributed by atoms with van der Waals surface area (Å²) in [5.41, 5.74) is 0.686. The van der Waals surface area contributed by atoms with Crippen LogP contribution in [-0.4, -0.2) is 16.0 Å². The zero-order valence-electron chi connectivity index (χ0n) is 11.1. The van der Waals surface area contributed by atoms with Gasteiger partial charge < -0.3 is 0 Å². The summed E-state index contributed by atoms with van der Waals surface area (Å²) < 4.78 is 0. The van der Waals surface area contributed by atoms with Crippen molar-refractivity contribution in [1.29, 1.82) is 0 Å². The number of carbonyl (C=O) groups is 2. The van der Waals surface area contributed by atoms with Crippen molar-refractivity contribution in [2.24, 2.45) is 0 Å². The minimum Gasteiger partial charge on any atom is -0.268 e. The van der Waals surface area contributed by atoms with E-state index in [1.54, 1.807) is 24.3 Å². The molecule has 112 valence electrons. The van der Waals surface area contributed by atoms with Gasteiger partial charge in [0, 0.05) is 14.9 Å². The van der Waals surface area contributed by atoms with E-state index in [2.05, 4.69) is 0 Å². The van der Waals surface area contributed by atoms with Gasteiger partial charge in [0.05, 0.1) is 11.4 Å². The van der Waals surface area contributed by atoms with E-state index in [1.807, 2.05) is 17.5 Å². The molecule has 3 nitrogen and oxygen atoms in total. The molecule has 1 aliphatic rings. The highest BCUT2D eigenvalue weighted by atomic mass is 35.5. The maximum absolute atomic E-state index is 12.4. The van der Waals surface area contributed by atoms with Crippen LogP contribution < -0.4 is 0 Å². The lowest BCUT2D eigenvalue weighted by atomic mass is 10.2. The van der Waals surface area contributed by atoms with Gasteiger partial charge in [-0.2, -0.15) is 0 Å².